The van der Waals surface area contributed by atoms with Gasteiger partial charge in [0.25, 0.3) is 0 Å². The van der Waals surface area contributed by atoms with Crippen LogP contribution in [0.1, 0.15) is 36.9 Å². The van der Waals surface area contributed by atoms with Gasteiger partial charge in [0.15, 0.2) is 0 Å². The molecule has 3 nitrogen and oxygen atoms in total. The zero-order valence-corrected chi connectivity index (χ0v) is 11.8. The summed E-state index contributed by atoms with van der Waals surface area (Å²) >= 11 is 0. The number of nitrogens with one attached hydrogen (secondary N) is 1. The molecular formula is C14H20F4N2O. The Bertz CT molecular complexity index is 451. The van der Waals surface area contributed by atoms with E-state index in [1.165, 1.54) is 0 Å². The standard InChI is InChI=1S/C14H20F4N2O/c1-9(3-2-4-21)20-13(8-19)10-5-11(14(16,17)18)7-12(15)6-10/h5-7,9,13,20-21H,2-4,8,19H2,1H3. The lowest BCUT2D eigenvalue weighted by molar-refractivity contribution is -0.137. The second kappa shape index (κ2) is 7.72. The van der Waals surface area contributed by atoms with Crippen LogP contribution >= 0.6 is 0 Å². The van der Waals surface area contributed by atoms with Gasteiger partial charge in [-0.1, -0.05) is 0 Å². The van der Waals surface area contributed by atoms with Crippen molar-refractivity contribution in [1.82, 2.24) is 5.32 Å². The molecule has 1 rings (SSSR count). The number of alkyl halides is 3. The molecule has 0 spiro atoms. The molecule has 0 radical (unpaired) electrons. The van der Waals surface area contributed by atoms with Crippen LogP contribution in [0.5, 0.6) is 0 Å². The van der Waals surface area contributed by atoms with Crippen LogP contribution in [-0.2, 0) is 6.18 Å². The fourth-order valence-electron chi connectivity index (χ4n) is 2.10. The molecule has 0 fully saturated rings. The number of hydrogen-bond acceptors (Lipinski definition) is 3. The van der Waals surface area contributed by atoms with E-state index >= 15 is 0 Å². The Balaban J connectivity index is 2.92. The molecule has 2 atom stereocenters. The molecule has 1 aromatic rings. The smallest absolute Gasteiger partial charge is 0.396 e. The summed E-state index contributed by atoms with van der Waals surface area (Å²) in [5.41, 5.74) is 4.72. The predicted molar refractivity (Wildman–Crippen MR) is 72.1 cm³/mol. The number of halogens is 4. The van der Waals surface area contributed by atoms with Gasteiger partial charge in [-0.25, -0.2) is 4.39 Å². The number of aliphatic hydroxyl groups excluding tert-OH is 1. The third kappa shape index (κ3) is 5.61. The second-order valence-corrected chi connectivity index (χ2v) is 4.99. The fourth-order valence-corrected chi connectivity index (χ4v) is 2.10. The highest BCUT2D eigenvalue weighted by Gasteiger charge is 2.32. The summed E-state index contributed by atoms with van der Waals surface area (Å²) in [5.74, 6) is -0.942. The maximum Gasteiger partial charge on any atom is 0.416 e. The maximum absolute atomic E-state index is 13.4. The zero-order valence-electron chi connectivity index (χ0n) is 11.8. The second-order valence-electron chi connectivity index (χ2n) is 4.99. The van der Waals surface area contributed by atoms with Crippen LogP contribution in [0.25, 0.3) is 0 Å². The zero-order chi connectivity index (χ0) is 16.0. The summed E-state index contributed by atoms with van der Waals surface area (Å²) in [5, 5.41) is 11.8. The Morgan fingerprint density at radius 2 is 1.95 bits per heavy atom. The van der Waals surface area contributed by atoms with E-state index in [9.17, 15) is 17.6 Å². The van der Waals surface area contributed by atoms with Gasteiger partial charge in [-0.3, -0.25) is 0 Å². The number of aliphatic hydroxyl groups is 1. The monoisotopic (exact) mass is 308 g/mol. The van der Waals surface area contributed by atoms with Gasteiger partial charge in [0, 0.05) is 25.2 Å². The van der Waals surface area contributed by atoms with Crippen LogP contribution in [0.3, 0.4) is 0 Å². The van der Waals surface area contributed by atoms with Crippen molar-refractivity contribution in [1.29, 1.82) is 0 Å². The molecule has 7 heteroatoms. The summed E-state index contributed by atoms with van der Waals surface area (Å²) in [4.78, 5) is 0. The Labute approximate surface area is 121 Å². The predicted octanol–water partition coefficient (Wildman–Crippen LogP) is 2.59. The topological polar surface area (TPSA) is 58.3 Å². The molecule has 0 bridgehead atoms. The molecule has 0 saturated heterocycles. The molecule has 2 unspecified atom stereocenters. The molecule has 0 aliphatic rings. The normalized spacial score (nSPS) is 15.0. The third-order valence-corrected chi connectivity index (χ3v) is 3.17. The van der Waals surface area contributed by atoms with E-state index < -0.39 is 23.6 Å². The highest BCUT2D eigenvalue weighted by Crippen LogP contribution is 2.31. The van der Waals surface area contributed by atoms with Gasteiger partial charge in [-0.05, 0) is 43.5 Å². The van der Waals surface area contributed by atoms with Crippen molar-refractivity contribution in [2.75, 3.05) is 13.2 Å². The minimum atomic E-state index is -4.60. The van der Waals surface area contributed by atoms with Crippen molar-refractivity contribution in [3.63, 3.8) is 0 Å². The lowest BCUT2D eigenvalue weighted by Crippen LogP contribution is -2.35. The molecular weight excluding hydrogens is 288 g/mol. The number of hydrogen-bond donors (Lipinski definition) is 3. The molecule has 0 heterocycles. The van der Waals surface area contributed by atoms with Crippen molar-refractivity contribution in [2.45, 2.75) is 38.0 Å². The first kappa shape index (κ1) is 17.9. The van der Waals surface area contributed by atoms with Gasteiger partial charge >= 0.3 is 6.18 Å². The van der Waals surface area contributed by atoms with Crippen molar-refractivity contribution in [3.8, 4) is 0 Å². The molecule has 0 amide bonds. The SMILES string of the molecule is CC(CCCO)NC(CN)c1cc(F)cc(C(F)(F)F)c1. The minimum absolute atomic E-state index is 0.0392. The van der Waals surface area contributed by atoms with Crippen LogP contribution in [0.2, 0.25) is 0 Å². The van der Waals surface area contributed by atoms with Crippen LogP contribution < -0.4 is 11.1 Å². The summed E-state index contributed by atoms with van der Waals surface area (Å²) in [7, 11) is 0. The Hall–Kier alpha value is -1.18. The average Bonchev–Trinajstić information content (AvgIpc) is 2.40. The summed E-state index contributed by atoms with van der Waals surface area (Å²) in [6.07, 6.45) is -3.38. The lowest BCUT2D eigenvalue weighted by atomic mass is 10.0. The summed E-state index contributed by atoms with van der Waals surface area (Å²) < 4.78 is 51.5. The Morgan fingerprint density at radius 1 is 1.29 bits per heavy atom. The largest absolute Gasteiger partial charge is 0.416 e. The van der Waals surface area contributed by atoms with E-state index in [2.05, 4.69) is 5.32 Å². The summed E-state index contributed by atoms with van der Waals surface area (Å²) in [6, 6.07) is 1.80. The molecule has 21 heavy (non-hydrogen) atoms. The number of nitrogens with two attached hydrogens (primary N) is 1. The van der Waals surface area contributed by atoms with Crippen LogP contribution in [0.4, 0.5) is 17.6 Å². The van der Waals surface area contributed by atoms with Crippen molar-refractivity contribution in [2.24, 2.45) is 5.73 Å². The average molecular weight is 308 g/mol. The van der Waals surface area contributed by atoms with E-state index in [1.807, 2.05) is 6.92 Å². The first-order chi connectivity index (χ1) is 9.77. The van der Waals surface area contributed by atoms with Gasteiger partial charge in [0.2, 0.25) is 0 Å². The molecule has 4 N–H and O–H groups in total. The van der Waals surface area contributed by atoms with Gasteiger partial charge in [-0.2, -0.15) is 13.2 Å². The Kier molecular flexibility index (Phi) is 6.57. The van der Waals surface area contributed by atoms with E-state index in [0.717, 1.165) is 12.1 Å². The van der Waals surface area contributed by atoms with E-state index in [1.54, 1.807) is 0 Å². The lowest BCUT2D eigenvalue weighted by Gasteiger charge is -2.23. The fraction of sp³-hybridized carbons (Fsp3) is 0.571. The van der Waals surface area contributed by atoms with Crippen molar-refractivity contribution in [3.05, 3.63) is 35.1 Å². The molecule has 0 aromatic heterocycles. The van der Waals surface area contributed by atoms with Crippen LogP contribution in [0, 0.1) is 5.82 Å². The van der Waals surface area contributed by atoms with E-state index in [-0.39, 0.29) is 24.8 Å². The maximum atomic E-state index is 13.4. The first-order valence-electron chi connectivity index (χ1n) is 6.72. The van der Waals surface area contributed by atoms with Crippen LogP contribution in [0.15, 0.2) is 18.2 Å². The van der Waals surface area contributed by atoms with Gasteiger partial charge in [0.1, 0.15) is 5.82 Å². The molecule has 0 aliphatic heterocycles. The molecule has 1 aromatic carbocycles. The van der Waals surface area contributed by atoms with Gasteiger partial charge in [0.05, 0.1) is 5.56 Å². The molecule has 0 aliphatic carbocycles. The molecule has 0 saturated carbocycles. The van der Waals surface area contributed by atoms with Crippen molar-refractivity contribution >= 4 is 0 Å². The quantitative estimate of drug-likeness (QED) is 0.679. The van der Waals surface area contributed by atoms with E-state index in [0.29, 0.717) is 18.9 Å². The highest BCUT2D eigenvalue weighted by atomic mass is 19.4. The van der Waals surface area contributed by atoms with Gasteiger partial charge in [-0.15, -0.1) is 0 Å². The summed E-state index contributed by atoms with van der Waals surface area (Å²) in [6.45, 7) is 1.92. The Morgan fingerprint density at radius 3 is 2.48 bits per heavy atom. The third-order valence-electron chi connectivity index (χ3n) is 3.17. The first-order valence-corrected chi connectivity index (χ1v) is 6.72. The van der Waals surface area contributed by atoms with Gasteiger partial charge < -0.3 is 16.2 Å². The number of benzene rings is 1. The van der Waals surface area contributed by atoms with Crippen LogP contribution in [-0.4, -0.2) is 24.3 Å². The number of rotatable bonds is 7. The highest BCUT2D eigenvalue weighted by molar-refractivity contribution is 5.29. The van der Waals surface area contributed by atoms with Crippen molar-refractivity contribution < 1.29 is 22.7 Å². The van der Waals surface area contributed by atoms with E-state index in [4.69, 9.17) is 10.8 Å². The molecule has 120 valence electrons. The minimum Gasteiger partial charge on any atom is -0.396 e.